The fraction of sp³-hybridized carbons (Fsp3) is 0.444. The maximum absolute atomic E-state index is 13.5. The first kappa shape index (κ1) is 19.7. The molecule has 0 aliphatic rings. The van der Waals surface area contributed by atoms with E-state index < -0.39 is 11.6 Å². The lowest BCUT2D eigenvalue weighted by molar-refractivity contribution is 0.304. The third kappa shape index (κ3) is 5.72. The number of halogens is 2. The lowest BCUT2D eigenvalue weighted by Gasteiger charge is -2.12. The molecule has 1 heterocycles. The van der Waals surface area contributed by atoms with Crippen LogP contribution in [0.5, 0.6) is 5.75 Å². The fourth-order valence-corrected chi connectivity index (χ4v) is 2.40. The van der Waals surface area contributed by atoms with Crippen molar-refractivity contribution in [2.75, 3.05) is 26.2 Å². The Kier molecular flexibility index (Phi) is 7.37. The van der Waals surface area contributed by atoms with Crippen molar-refractivity contribution >= 4 is 5.96 Å². The number of aryl methyl sites for hydroxylation is 2. The highest BCUT2D eigenvalue weighted by Gasteiger charge is 2.08. The second-order valence-corrected chi connectivity index (χ2v) is 5.66. The first-order valence-electron chi connectivity index (χ1n) is 8.53. The Hall–Kier alpha value is -2.64. The van der Waals surface area contributed by atoms with Crippen LogP contribution in [0.25, 0.3) is 0 Å². The summed E-state index contributed by atoms with van der Waals surface area (Å²) in [5.41, 5.74) is 1.95. The van der Waals surface area contributed by atoms with Gasteiger partial charge in [-0.2, -0.15) is 0 Å². The van der Waals surface area contributed by atoms with Gasteiger partial charge in [-0.3, -0.25) is 4.99 Å². The second-order valence-electron chi connectivity index (χ2n) is 5.66. The third-order valence-electron chi connectivity index (χ3n) is 3.70. The molecule has 0 saturated heterocycles. The van der Waals surface area contributed by atoms with E-state index in [-0.39, 0.29) is 12.4 Å². The minimum atomic E-state index is -0.718. The summed E-state index contributed by atoms with van der Waals surface area (Å²) >= 11 is 0. The molecule has 2 rings (SSSR count). The molecule has 0 spiro atoms. The predicted octanol–water partition coefficient (Wildman–Crippen LogP) is 2.75. The highest BCUT2D eigenvalue weighted by molar-refractivity contribution is 5.79. The number of aliphatic imine (C=N–C) groups is 1. The van der Waals surface area contributed by atoms with E-state index in [0.29, 0.717) is 25.6 Å². The van der Waals surface area contributed by atoms with Gasteiger partial charge in [-0.1, -0.05) is 5.16 Å². The van der Waals surface area contributed by atoms with Crippen molar-refractivity contribution in [3.63, 3.8) is 0 Å². The summed E-state index contributed by atoms with van der Waals surface area (Å²) in [4.78, 5) is 4.49. The molecule has 1 aromatic heterocycles. The summed E-state index contributed by atoms with van der Waals surface area (Å²) in [6, 6.07) is 3.22. The zero-order valence-electron chi connectivity index (χ0n) is 15.2. The number of nitrogens with one attached hydrogen (secondary N) is 2. The molecule has 0 atom stereocenters. The summed E-state index contributed by atoms with van der Waals surface area (Å²) in [5, 5.41) is 10.2. The lowest BCUT2D eigenvalue weighted by atomic mass is 10.1. The quantitative estimate of drug-likeness (QED) is 0.427. The van der Waals surface area contributed by atoms with Gasteiger partial charge in [-0.25, -0.2) is 8.78 Å². The number of ether oxygens (including phenoxy) is 1. The number of hydrogen-bond donors (Lipinski definition) is 2. The van der Waals surface area contributed by atoms with Crippen LogP contribution < -0.4 is 15.4 Å². The number of aromatic nitrogens is 1. The van der Waals surface area contributed by atoms with Crippen LogP contribution in [0, 0.1) is 25.5 Å². The average molecular weight is 366 g/mol. The molecule has 8 heteroatoms. The first-order valence-corrected chi connectivity index (χ1v) is 8.53. The molecule has 0 unspecified atom stereocenters. The Balaban J connectivity index is 1.79. The lowest BCUT2D eigenvalue weighted by Crippen LogP contribution is -2.39. The van der Waals surface area contributed by atoms with E-state index in [1.54, 1.807) is 0 Å². The van der Waals surface area contributed by atoms with Gasteiger partial charge in [0.05, 0.1) is 12.2 Å². The number of hydrogen-bond acceptors (Lipinski definition) is 4. The molecule has 1 aromatic carbocycles. The van der Waals surface area contributed by atoms with Crippen LogP contribution in [0.2, 0.25) is 0 Å². The summed E-state index contributed by atoms with van der Waals surface area (Å²) < 4.78 is 36.8. The van der Waals surface area contributed by atoms with Crippen molar-refractivity contribution < 1.29 is 18.0 Å². The predicted molar refractivity (Wildman–Crippen MR) is 95.5 cm³/mol. The molecule has 142 valence electrons. The summed E-state index contributed by atoms with van der Waals surface area (Å²) in [5.74, 6) is 0.124. The van der Waals surface area contributed by atoms with E-state index in [4.69, 9.17) is 9.26 Å². The molecule has 0 aliphatic carbocycles. The maximum atomic E-state index is 13.5. The van der Waals surface area contributed by atoms with E-state index in [9.17, 15) is 8.78 Å². The monoisotopic (exact) mass is 366 g/mol. The van der Waals surface area contributed by atoms with Gasteiger partial charge >= 0.3 is 0 Å². The smallest absolute Gasteiger partial charge is 0.191 e. The summed E-state index contributed by atoms with van der Waals surface area (Å²) in [6.45, 7) is 7.69. The Bertz CT molecular complexity index is 727. The van der Waals surface area contributed by atoms with Crippen molar-refractivity contribution in [3.05, 3.63) is 46.9 Å². The van der Waals surface area contributed by atoms with Crippen molar-refractivity contribution in [3.8, 4) is 5.75 Å². The second kappa shape index (κ2) is 9.74. The van der Waals surface area contributed by atoms with Crippen molar-refractivity contribution in [1.29, 1.82) is 0 Å². The van der Waals surface area contributed by atoms with E-state index in [1.165, 1.54) is 6.07 Å². The van der Waals surface area contributed by atoms with Crippen LogP contribution in [-0.2, 0) is 6.42 Å². The SMILES string of the molecule is CCNC(=NCCc1c(C)noc1C)NCCOc1ccc(F)cc1F. The van der Waals surface area contributed by atoms with E-state index >= 15 is 0 Å². The van der Waals surface area contributed by atoms with Crippen LogP contribution in [0.15, 0.2) is 27.7 Å². The largest absolute Gasteiger partial charge is 0.489 e. The molecule has 2 aromatic rings. The molecule has 0 radical (unpaired) electrons. The Morgan fingerprint density at radius 2 is 2.08 bits per heavy atom. The molecular formula is C18H24F2N4O2. The molecule has 0 saturated carbocycles. The van der Waals surface area contributed by atoms with Gasteiger partial charge in [0.2, 0.25) is 0 Å². The highest BCUT2D eigenvalue weighted by atomic mass is 19.1. The third-order valence-corrected chi connectivity index (χ3v) is 3.70. The van der Waals surface area contributed by atoms with Crippen LogP contribution in [0.1, 0.15) is 23.9 Å². The Morgan fingerprint density at radius 3 is 2.73 bits per heavy atom. The van der Waals surface area contributed by atoms with Crippen molar-refractivity contribution in [1.82, 2.24) is 15.8 Å². The molecule has 0 aliphatic heterocycles. The normalized spacial score (nSPS) is 11.5. The van der Waals surface area contributed by atoms with E-state index in [0.717, 1.165) is 35.6 Å². The van der Waals surface area contributed by atoms with Crippen molar-refractivity contribution in [2.24, 2.45) is 4.99 Å². The molecule has 0 amide bonds. The molecular weight excluding hydrogens is 342 g/mol. The van der Waals surface area contributed by atoms with Crippen LogP contribution in [0.4, 0.5) is 8.78 Å². The van der Waals surface area contributed by atoms with Gasteiger partial charge in [-0.05, 0) is 39.3 Å². The van der Waals surface area contributed by atoms with E-state index in [1.807, 2.05) is 20.8 Å². The average Bonchev–Trinajstić information content (AvgIpc) is 2.92. The summed E-state index contributed by atoms with van der Waals surface area (Å²) in [7, 11) is 0. The van der Waals surface area contributed by atoms with Gasteiger partial charge in [0, 0.05) is 24.7 Å². The number of rotatable bonds is 8. The van der Waals surface area contributed by atoms with Crippen LogP contribution in [-0.4, -0.2) is 37.4 Å². The standard InChI is InChI=1S/C18H24F2N4O2/c1-4-21-18(22-8-7-15-12(2)24-26-13(15)3)23-9-10-25-17-6-5-14(19)11-16(17)20/h5-6,11H,4,7-10H2,1-3H3,(H2,21,22,23). The number of nitrogens with zero attached hydrogens (tertiary/aromatic N) is 2. The van der Waals surface area contributed by atoms with E-state index in [2.05, 4.69) is 20.8 Å². The zero-order chi connectivity index (χ0) is 18.9. The zero-order valence-corrected chi connectivity index (χ0v) is 15.2. The first-order chi connectivity index (χ1) is 12.5. The van der Waals surface area contributed by atoms with Gasteiger partial charge in [-0.15, -0.1) is 0 Å². The maximum Gasteiger partial charge on any atom is 0.191 e. The molecule has 0 fully saturated rings. The Labute approximate surface area is 151 Å². The highest BCUT2D eigenvalue weighted by Crippen LogP contribution is 2.17. The minimum absolute atomic E-state index is 0.0218. The topological polar surface area (TPSA) is 71.7 Å². The molecule has 26 heavy (non-hydrogen) atoms. The van der Waals surface area contributed by atoms with Gasteiger partial charge < -0.3 is 19.9 Å². The molecule has 6 nitrogen and oxygen atoms in total. The van der Waals surface area contributed by atoms with Crippen molar-refractivity contribution in [2.45, 2.75) is 27.2 Å². The van der Waals surface area contributed by atoms with Crippen LogP contribution in [0.3, 0.4) is 0 Å². The Morgan fingerprint density at radius 1 is 1.27 bits per heavy atom. The van der Waals surface area contributed by atoms with Crippen LogP contribution >= 0.6 is 0 Å². The number of guanidine groups is 1. The fourth-order valence-electron chi connectivity index (χ4n) is 2.40. The molecule has 2 N–H and O–H groups in total. The number of benzene rings is 1. The van der Waals surface area contributed by atoms with Gasteiger partial charge in [0.1, 0.15) is 18.2 Å². The summed E-state index contributed by atoms with van der Waals surface area (Å²) in [6.07, 6.45) is 0.731. The van der Waals surface area contributed by atoms with Gasteiger partial charge in [0.15, 0.2) is 17.5 Å². The molecule has 0 bridgehead atoms. The van der Waals surface area contributed by atoms with Gasteiger partial charge in [0.25, 0.3) is 0 Å². The minimum Gasteiger partial charge on any atom is -0.489 e.